The van der Waals surface area contributed by atoms with Crippen LogP contribution in [0.4, 0.5) is 0 Å². The van der Waals surface area contributed by atoms with Gasteiger partial charge in [-0.25, -0.2) is 4.98 Å². The van der Waals surface area contributed by atoms with Crippen molar-refractivity contribution in [1.29, 1.82) is 0 Å². The predicted octanol–water partition coefficient (Wildman–Crippen LogP) is 1.78. The Morgan fingerprint density at radius 3 is 2.84 bits per heavy atom. The first-order chi connectivity index (χ1) is 9.16. The molecule has 1 aliphatic heterocycles. The average molecular weight is 321 g/mol. The Balaban J connectivity index is 1.86. The van der Waals surface area contributed by atoms with Crippen molar-refractivity contribution in [2.45, 2.75) is 13.0 Å². The second kappa shape index (κ2) is 4.77. The molecule has 3 heterocycles. The summed E-state index contributed by atoms with van der Waals surface area (Å²) in [7, 11) is 1.95. The number of fused-ring (bicyclic) bond motifs is 1. The normalized spacial score (nSPS) is 14.3. The largest absolute Gasteiger partial charge is 0.332 e. The molecule has 6 heteroatoms. The first kappa shape index (κ1) is 12.3. The smallest absolute Gasteiger partial charge is 0.254 e. The van der Waals surface area contributed by atoms with Gasteiger partial charge in [-0.05, 0) is 28.1 Å². The first-order valence-electron chi connectivity index (χ1n) is 6.06. The topological polar surface area (TPSA) is 51.0 Å². The van der Waals surface area contributed by atoms with Gasteiger partial charge in [0.15, 0.2) is 4.73 Å². The van der Waals surface area contributed by atoms with Gasteiger partial charge in [-0.15, -0.1) is 0 Å². The van der Waals surface area contributed by atoms with Crippen molar-refractivity contribution in [3.05, 3.63) is 46.2 Å². The van der Waals surface area contributed by atoms with Crippen LogP contribution in [0.15, 0.2) is 29.3 Å². The second-order valence-electron chi connectivity index (χ2n) is 4.55. The summed E-state index contributed by atoms with van der Waals surface area (Å²) >= 11 is 3.42. The number of carbonyl (C=O) groups excluding carboxylic acids is 1. The summed E-state index contributed by atoms with van der Waals surface area (Å²) in [6, 6.07) is 3.49. The van der Waals surface area contributed by atoms with E-state index in [9.17, 15) is 4.79 Å². The van der Waals surface area contributed by atoms with Gasteiger partial charge < -0.3 is 9.47 Å². The van der Waals surface area contributed by atoms with E-state index in [-0.39, 0.29) is 5.91 Å². The molecule has 0 atom stereocenters. The summed E-state index contributed by atoms with van der Waals surface area (Å²) in [4.78, 5) is 22.6. The third-order valence-electron chi connectivity index (χ3n) is 3.42. The Bertz CT molecular complexity index is 623. The van der Waals surface area contributed by atoms with Crippen molar-refractivity contribution >= 4 is 21.8 Å². The molecule has 2 aromatic heterocycles. The number of hydrogen-bond acceptors (Lipinski definition) is 3. The highest BCUT2D eigenvalue weighted by Gasteiger charge is 2.25. The van der Waals surface area contributed by atoms with E-state index in [1.807, 2.05) is 16.5 Å². The van der Waals surface area contributed by atoms with E-state index >= 15 is 0 Å². The molecule has 0 saturated carbocycles. The van der Waals surface area contributed by atoms with E-state index < -0.39 is 0 Å². The lowest BCUT2D eigenvalue weighted by Crippen LogP contribution is -2.36. The van der Waals surface area contributed by atoms with Crippen molar-refractivity contribution in [3.63, 3.8) is 0 Å². The van der Waals surface area contributed by atoms with Gasteiger partial charge in [0.05, 0.1) is 17.9 Å². The SMILES string of the molecule is Cn1c(Br)nc2c1CN(C(=O)c1ccncc1)CC2. The fraction of sp³-hybridized carbons (Fsp3) is 0.308. The Morgan fingerprint density at radius 1 is 1.37 bits per heavy atom. The predicted molar refractivity (Wildman–Crippen MR) is 73.6 cm³/mol. The van der Waals surface area contributed by atoms with Gasteiger partial charge in [0, 0.05) is 38.0 Å². The van der Waals surface area contributed by atoms with Crippen molar-refractivity contribution in [3.8, 4) is 0 Å². The van der Waals surface area contributed by atoms with Crippen LogP contribution in [0, 0.1) is 0 Å². The molecule has 0 fully saturated rings. The van der Waals surface area contributed by atoms with Crippen molar-refractivity contribution in [2.24, 2.45) is 7.05 Å². The van der Waals surface area contributed by atoms with Gasteiger partial charge in [-0.2, -0.15) is 0 Å². The van der Waals surface area contributed by atoms with Crippen LogP contribution in [0.1, 0.15) is 21.7 Å². The van der Waals surface area contributed by atoms with Crippen LogP contribution in [0.3, 0.4) is 0 Å². The third-order valence-corrected chi connectivity index (χ3v) is 4.12. The van der Waals surface area contributed by atoms with Crippen molar-refractivity contribution in [1.82, 2.24) is 19.4 Å². The summed E-state index contributed by atoms with van der Waals surface area (Å²) in [5.74, 6) is 0.0466. The number of amides is 1. The highest BCUT2D eigenvalue weighted by atomic mass is 79.9. The number of nitrogens with zero attached hydrogens (tertiary/aromatic N) is 4. The Hall–Kier alpha value is -1.69. The molecule has 0 radical (unpaired) electrons. The summed E-state index contributed by atoms with van der Waals surface area (Å²) in [6.45, 7) is 1.31. The van der Waals surface area contributed by atoms with Gasteiger partial charge in [0.2, 0.25) is 0 Å². The summed E-state index contributed by atoms with van der Waals surface area (Å²) in [5, 5.41) is 0. The molecule has 0 aliphatic carbocycles. The zero-order valence-electron chi connectivity index (χ0n) is 10.5. The molecule has 0 bridgehead atoms. The molecule has 0 N–H and O–H groups in total. The fourth-order valence-corrected chi connectivity index (χ4v) is 2.73. The molecule has 98 valence electrons. The quantitative estimate of drug-likeness (QED) is 0.804. The van der Waals surface area contributed by atoms with Gasteiger partial charge >= 0.3 is 0 Å². The van der Waals surface area contributed by atoms with Gasteiger partial charge in [-0.3, -0.25) is 9.78 Å². The van der Waals surface area contributed by atoms with Crippen LogP contribution in [-0.2, 0) is 20.0 Å². The van der Waals surface area contributed by atoms with Crippen LogP contribution in [0.2, 0.25) is 0 Å². The minimum Gasteiger partial charge on any atom is -0.332 e. The van der Waals surface area contributed by atoms with Crippen LogP contribution in [0.5, 0.6) is 0 Å². The number of imidazole rings is 1. The summed E-state index contributed by atoms with van der Waals surface area (Å²) < 4.78 is 2.80. The molecular weight excluding hydrogens is 308 g/mol. The minimum atomic E-state index is 0.0466. The van der Waals surface area contributed by atoms with E-state index in [0.29, 0.717) is 18.7 Å². The maximum Gasteiger partial charge on any atom is 0.254 e. The number of aromatic nitrogens is 3. The number of rotatable bonds is 1. The molecule has 3 rings (SSSR count). The highest BCUT2D eigenvalue weighted by molar-refractivity contribution is 9.10. The van der Waals surface area contributed by atoms with Crippen molar-refractivity contribution < 1.29 is 4.79 Å². The number of carbonyl (C=O) groups is 1. The van der Waals surface area contributed by atoms with Crippen LogP contribution in [0.25, 0.3) is 0 Å². The maximum absolute atomic E-state index is 12.4. The van der Waals surface area contributed by atoms with E-state index in [2.05, 4.69) is 25.9 Å². The molecule has 1 amide bonds. The summed E-state index contributed by atoms with van der Waals surface area (Å²) in [5.41, 5.74) is 2.85. The average Bonchev–Trinajstić information content (AvgIpc) is 2.74. The molecule has 0 saturated heterocycles. The maximum atomic E-state index is 12.4. The van der Waals surface area contributed by atoms with E-state index in [1.54, 1.807) is 24.5 Å². The number of pyridine rings is 1. The number of hydrogen-bond donors (Lipinski definition) is 0. The van der Waals surface area contributed by atoms with Crippen molar-refractivity contribution in [2.75, 3.05) is 6.54 Å². The zero-order valence-corrected chi connectivity index (χ0v) is 12.1. The lowest BCUT2D eigenvalue weighted by atomic mass is 10.1. The van der Waals surface area contributed by atoms with Gasteiger partial charge in [0.25, 0.3) is 5.91 Å². The third kappa shape index (κ3) is 2.16. The fourth-order valence-electron chi connectivity index (χ4n) is 2.30. The van der Waals surface area contributed by atoms with E-state index in [0.717, 1.165) is 22.5 Å². The van der Waals surface area contributed by atoms with Crippen LogP contribution < -0.4 is 0 Å². The van der Waals surface area contributed by atoms with Crippen LogP contribution >= 0.6 is 15.9 Å². The second-order valence-corrected chi connectivity index (χ2v) is 5.26. The Morgan fingerprint density at radius 2 is 2.11 bits per heavy atom. The molecule has 0 spiro atoms. The molecular formula is C13H13BrN4O. The monoisotopic (exact) mass is 320 g/mol. The van der Waals surface area contributed by atoms with E-state index in [1.165, 1.54) is 0 Å². The van der Waals surface area contributed by atoms with Crippen LogP contribution in [-0.4, -0.2) is 31.9 Å². The minimum absolute atomic E-state index is 0.0466. The molecule has 0 aromatic carbocycles. The lowest BCUT2D eigenvalue weighted by Gasteiger charge is -2.27. The van der Waals surface area contributed by atoms with Gasteiger partial charge in [-0.1, -0.05) is 0 Å². The molecule has 0 unspecified atom stereocenters. The molecule has 2 aromatic rings. The standard InChI is InChI=1S/C13H13BrN4O/c1-17-11-8-18(7-4-10(11)16-13(17)14)12(19)9-2-5-15-6-3-9/h2-3,5-6H,4,7-8H2,1H3. The number of halogens is 1. The highest BCUT2D eigenvalue weighted by Crippen LogP contribution is 2.23. The van der Waals surface area contributed by atoms with E-state index in [4.69, 9.17) is 0 Å². The summed E-state index contributed by atoms with van der Waals surface area (Å²) in [6.07, 6.45) is 4.08. The first-order valence-corrected chi connectivity index (χ1v) is 6.85. The molecule has 5 nitrogen and oxygen atoms in total. The lowest BCUT2D eigenvalue weighted by molar-refractivity contribution is 0.0730. The molecule has 19 heavy (non-hydrogen) atoms. The van der Waals surface area contributed by atoms with Gasteiger partial charge in [0.1, 0.15) is 0 Å². The molecule has 1 aliphatic rings. The Kier molecular flexibility index (Phi) is 3.10. The zero-order chi connectivity index (χ0) is 13.4. The Labute approximate surface area is 119 Å².